The van der Waals surface area contributed by atoms with Crippen molar-refractivity contribution in [1.29, 1.82) is 0 Å². The first-order chi connectivity index (χ1) is 11.7. The standard InChI is InChI=1S/C17H21FN4O2/c18-15-1-3-16(4-2-15)24-13-17(23)22-11-9-20(10-12-22)7-8-21-6-5-19-14-21/h1-6,14H,7-13H2. The predicted octanol–water partition coefficient (Wildman–Crippen LogP) is 1.25. The summed E-state index contributed by atoms with van der Waals surface area (Å²) in [5.41, 5.74) is 0. The zero-order valence-electron chi connectivity index (χ0n) is 13.5. The monoisotopic (exact) mass is 332 g/mol. The zero-order chi connectivity index (χ0) is 16.8. The number of hydrogen-bond donors (Lipinski definition) is 0. The minimum absolute atomic E-state index is 0.0132. The summed E-state index contributed by atoms with van der Waals surface area (Å²) in [4.78, 5) is 20.4. The fourth-order valence-electron chi connectivity index (χ4n) is 2.66. The molecule has 0 radical (unpaired) electrons. The Kier molecular flexibility index (Phi) is 5.43. The van der Waals surface area contributed by atoms with Gasteiger partial charge in [-0.15, -0.1) is 0 Å². The second kappa shape index (κ2) is 7.92. The first-order valence-electron chi connectivity index (χ1n) is 8.05. The summed E-state index contributed by atoms with van der Waals surface area (Å²) in [6.07, 6.45) is 5.54. The normalized spacial score (nSPS) is 15.5. The Bertz CT molecular complexity index is 637. The highest BCUT2D eigenvalue weighted by atomic mass is 19.1. The summed E-state index contributed by atoms with van der Waals surface area (Å²) >= 11 is 0. The molecule has 0 bridgehead atoms. The smallest absolute Gasteiger partial charge is 0.260 e. The van der Waals surface area contributed by atoms with Crippen LogP contribution in [0.25, 0.3) is 0 Å². The highest BCUT2D eigenvalue weighted by molar-refractivity contribution is 5.77. The van der Waals surface area contributed by atoms with Crippen molar-refractivity contribution in [3.63, 3.8) is 0 Å². The number of piperazine rings is 1. The highest BCUT2D eigenvalue weighted by Gasteiger charge is 2.21. The summed E-state index contributed by atoms with van der Waals surface area (Å²) in [5.74, 6) is 0.151. The molecule has 0 unspecified atom stereocenters. The van der Waals surface area contributed by atoms with E-state index in [1.165, 1.54) is 24.3 Å². The molecule has 1 fully saturated rings. The van der Waals surface area contributed by atoms with Gasteiger partial charge in [0, 0.05) is 51.7 Å². The van der Waals surface area contributed by atoms with Gasteiger partial charge in [-0.05, 0) is 24.3 Å². The molecule has 1 aromatic heterocycles. The Morgan fingerprint density at radius 3 is 2.54 bits per heavy atom. The molecule has 0 aliphatic carbocycles. The van der Waals surface area contributed by atoms with Crippen LogP contribution >= 0.6 is 0 Å². The average molecular weight is 332 g/mol. The third-order valence-corrected chi connectivity index (χ3v) is 4.13. The average Bonchev–Trinajstić information content (AvgIpc) is 3.13. The Hall–Kier alpha value is -2.41. The van der Waals surface area contributed by atoms with Gasteiger partial charge in [-0.3, -0.25) is 9.69 Å². The molecule has 1 aromatic carbocycles. The van der Waals surface area contributed by atoms with Gasteiger partial charge in [-0.1, -0.05) is 0 Å². The van der Waals surface area contributed by atoms with Crippen molar-refractivity contribution in [3.05, 3.63) is 48.8 Å². The second-order valence-electron chi connectivity index (χ2n) is 5.77. The maximum Gasteiger partial charge on any atom is 0.260 e. The van der Waals surface area contributed by atoms with Crippen molar-refractivity contribution in [2.75, 3.05) is 39.3 Å². The molecule has 0 saturated carbocycles. The van der Waals surface area contributed by atoms with E-state index in [0.29, 0.717) is 18.8 Å². The fraction of sp³-hybridized carbons (Fsp3) is 0.412. The Labute approximate surface area is 140 Å². The van der Waals surface area contributed by atoms with Gasteiger partial charge in [0.25, 0.3) is 5.91 Å². The van der Waals surface area contributed by atoms with Crippen molar-refractivity contribution >= 4 is 5.91 Å². The van der Waals surface area contributed by atoms with Crippen molar-refractivity contribution in [2.45, 2.75) is 6.54 Å². The van der Waals surface area contributed by atoms with Crippen molar-refractivity contribution < 1.29 is 13.9 Å². The number of aromatic nitrogens is 2. The molecule has 3 rings (SSSR count). The molecule has 1 amide bonds. The number of nitrogens with zero attached hydrogens (tertiary/aromatic N) is 4. The molecule has 2 aromatic rings. The van der Waals surface area contributed by atoms with Gasteiger partial charge < -0.3 is 14.2 Å². The molecule has 6 nitrogen and oxygen atoms in total. The molecule has 0 spiro atoms. The first kappa shape index (κ1) is 16.4. The van der Waals surface area contributed by atoms with Crippen LogP contribution in [0.3, 0.4) is 0 Å². The third-order valence-electron chi connectivity index (χ3n) is 4.13. The fourth-order valence-corrected chi connectivity index (χ4v) is 2.66. The third kappa shape index (κ3) is 4.55. The van der Waals surface area contributed by atoms with Crippen LogP contribution in [0.4, 0.5) is 4.39 Å². The van der Waals surface area contributed by atoms with Crippen LogP contribution in [0.5, 0.6) is 5.75 Å². The van der Waals surface area contributed by atoms with E-state index in [1.807, 2.05) is 22.0 Å². The lowest BCUT2D eigenvalue weighted by atomic mass is 10.3. The van der Waals surface area contributed by atoms with E-state index >= 15 is 0 Å². The molecule has 2 heterocycles. The Morgan fingerprint density at radius 2 is 1.88 bits per heavy atom. The molecule has 1 aliphatic rings. The van der Waals surface area contributed by atoms with Crippen LogP contribution in [0, 0.1) is 5.82 Å². The maximum absolute atomic E-state index is 12.8. The largest absolute Gasteiger partial charge is 0.484 e. The maximum atomic E-state index is 12.8. The number of carbonyl (C=O) groups is 1. The van der Waals surface area contributed by atoms with Crippen LogP contribution in [0.2, 0.25) is 0 Å². The summed E-state index contributed by atoms with van der Waals surface area (Å²) in [6.45, 7) is 4.96. The van der Waals surface area contributed by atoms with Crippen LogP contribution in [-0.2, 0) is 11.3 Å². The molecule has 1 saturated heterocycles. The molecule has 7 heteroatoms. The Morgan fingerprint density at radius 1 is 1.12 bits per heavy atom. The summed E-state index contributed by atoms with van der Waals surface area (Å²) < 4.78 is 20.3. The molecular weight excluding hydrogens is 311 g/mol. The van der Waals surface area contributed by atoms with Gasteiger partial charge in [0.15, 0.2) is 6.61 Å². The first-order valence-corrected chi connectivity index (χ1v) is 8.05. The number of imidazole rings is 1. The van der Waals surface area contributed by atoms with Gasteiger partial charge in [0.05, 0.1) is 6.33 Å². The minimum atomic E-state index is -0.319. The minimum Gasteiger partial charge on any atom is -0.484 e. The molecule has 128 valence electrons. The highest BCUT2D eigenvalue weighted by Crippen LogP contribution is 2.11. The van der Waals surface area contributed by atoms with Gasteiger partial charge in [0.2, 0.25) is 0 Å². The number of halogens is 1. The molecule has 1 aliphatic heterocycles. The lowest BCUT2D eigenvalue weighted by Gasteiger charge is -2.34. The summed E-state index contributed by atoms with van der Waals surface area (Å²) in [6, 6.07) is 5.69. The van der Waals surface area contributed by atoms with E-state index in [4.69, 9.17) is 4.74 Å². The van der Waals surface area contributed by atoms with Crippen LogP contribution in [0.15, 0.2) is 43.0 Å². The van der Waals surface area contributed by atoms with Gasteiger partial charge in [-0.2, -0.15) is 0 Å². The predicted molar refractivity (Wildman–Crippen MR) is 87.1 cm³/mol. The quantitative estimate of drug-likeness (QED) is 0.799. The topological polar surface area (TPSA) is 50.6 Å². The summed E-state index contributed by atoms with van der Waals surface area (Å²) in [7, 11) is 0. The number of carbonyl (C=O) groups excluding carboxylic acids is 1. The summed E-state index contributed by atoms with van der Waals surface area (Å²) in [5, 5.41) is 0. The second-order valence-corrected chi connectivity index (χ2v) is 5.77. The number of amides is 1. The van der Waals surface area contributed by atoms with Crippen LogP contribution < -0.4 is 4.74 Å². The number of hydrogen-bond acceptors (Lipinski definition) is 4. The SMILES string of the molecule is O=C(COc1ccc(F)cc1)N1CCN(CCn2ccnc2)CC1. The van der Waals surface area contributed by atoms with E-state index in [9.17, 15) is 9.18 Å². The van der Waals surface area contributed by atoms with Crippen molar-refractivity contribution in [3.8, 4) is 5.75 Å². The van der Waals surface area contributed by atoms with E-state index in [2.05, 4.69) is 9.88 Å². The van der Waals surface area contributed by atoms with E-state index in [1.54, 1.807) is 6.20 Å². The van der Waals surface area contributed by atoms with Gasteiger partial charge in [0.1, 0.15) is 11.6 Å². The van der Waals surface area contributed by atoms with Gasteiger partial charge in [-0.25, -0.2) is 9.37 Å². The van der Waals surface area contributed by atoms with E-state index < -0.39 is 0 Å². The Balaban J connectivity index is 1.37. The molecule has 0 atom stereocenters. The molecular formula is C17H21FN4O2. The van der Waals surface area contributed by atoms with Crippen LogP contribution in [-0.4, -0.2) is 64.6 Å². The lowest BCUT2D eigenvalue weighted by molar-refractivity contribution is -0.135. The molecule has 24 heavy (non-hydrogen) atoms. The van der Waals surface area contributed by atoms with Crippen LogP contribution in [0.1, 0.15) is 0 Å². The lowest BCUT2D eigenvalue weighted by Crippen LogP contribution is -2.50. The number of ether oxygens (including phenoxy) is 1. The zero-order valence-corrected chi connectivity index (χ0v) is 13.5. The molecule has 0 N–H and O–H groups in total. The number of benzene rings is 1. The van der Waals surface area contributed by atoms with Crippen molar-refractivity contribution in [1.82, 2.24) is 19.4 Å². The van der Waals surface area contributed by atoms with Crippen molar-refractivity contribution in [2.24, 2.45) is 0 Å². The van der Waals surface area contributed by atoms with Gasteiger partial charge >= 0.3 is 0 Å². The van der Waals surface area contributed by atoms with E-state index in [0.717, 1.165) is 26.2 Å². The van der Waals surface area contributed by atoms with E-state index in [-0.39, 0.29) is 18.3 Å². The number of rotatable bonds is 6.